The van der Waals surface area contributed by atoms with E-state index in [9.17, 15) is 9.90 Å². The predicted octanol–water partition coefficient (Wildman–Crippen LogP) is 3.92. The van der Waals surface area contributed by atoms with Crippen molar-refractivity contribution in [2.75, 3.05) is 20.8 Å². The summed E-state index contributed by atoms with van der Waals surface area (Å²) in [5.74, 6) is 0.951. The monoisotopic (exact) mass is 408 g/mol. The highest BCUT2D eigenvalue weighted by atomic mass is 16.5. The molecule has 158 valence electrons. The lowest BCUT2D eigenvalue weighted by atomic mass is 9.88. The molecule has 0 radical (unpaired) electrons. The van der Waals surface area contributed by atoms with Crippen LogP contribution in [0.1, 0.15) is 47.2 Å². The number of aliphatic hydroxyl groups is 1. The summed E-state index contributed by atoms with van der Waals surface area (Å²) in [6.07, 6.45) is 6.35. The summed E-state index contributed by atoms with van der Waals surface area (Å²) in [6.45, 7) is 0.493. The van der Waals surface area contributed by atoms with Gasteiger partial charge in [0, 0.05) is 29.2 Å². The minimum Gasteiger partial charge on any atom is -0.493 e. The Kier molecular flexibility index (Phi) is 5.68. The fraction of sp³-hybridized carbons (Fsp3) is 0.375. The second-order valence-electron chi connectivity index (χ2n) is 7.86. The van der Waals surface area contributed by atoms with E-state index in [0.29, 0.717) is 30.0 Å². The summed E-state index contributed by atoms with van der Waals surface area (Å²) >= 11 is 0. The normalized spacial score (nSPS) is 15.3. The quantitative estimate of drug-likeness (QED) is 0.553. The molecule has 0 saturated heterocycles. The number of aromatic amines is 1. The molecule has 3 N–H and O–H groups in total. The first-order valence-corrected chi connectivity index (χ1v) is 10.4. The van der Waals surface area contributed by atoms with E-state index in [1.54, 1.807) is 32.4 Å². The van der Waals surface area contributed by atoms with Crippen molar-refractivity contribution in [1.29, 1.82) is 0 Å². The summed E-state index contributed by atoms with van der Waals surface area (Å²) in [6, 6.07) is 11.2. The fourth-order valence-electron chi connectivity index (χ4n) is 4.46. The van der Waals surface area contributed by atoms with Gasteiger partial charge in [-0.05, 0) is 54.7 Å². The molecule has 0 atom stereocenters. The summed E-state index contributed by atoms with van der Waals surface area (Å²) in [7, 11) is 3.11. The Morgan fingerprint density at radius 1 is 1.13 bits per heavy atom. The zero-order chi connectivity index (χ0) is 21.1. The Hall–Kier alpha value is -2.99. The van der Waals surface area contributed by atoms with Gasteiger partial charge in [-0.25, -0.2) is 0 Å². The Morgan fingerprint density at radius 3 is 2.63 bits per heavy atom. The van der Waals surface area contributed by atoms with Gasteiger partial charge in [0.05, 0.1) is 19.8 Å². The first-order valence-electron chi connectivity index (χ1n) is 10.4. The van der Waals surface area contributed by atoms with Crippen molar-refractivity contribution in [3.8, 4) is 11.5 Å². The van der Waals surface area contributed by atoms with E-state index >= 15 is 0 Å². The minimum absolute atomic E-state index is 0.162. The number of carbonyl (C=O) groups is 1. The standard InChI is InChI=1S/C24H28N2O4/c1-29-20-9-8-16(14-21(20)30-2)23(27)25-13-10-17-15-26-19-7-5-6-18(22(17)19)24(28)11-3-4-12-24/h5-9,14-15,26,28H,3-4,10-13H2,1-2H3,(H,25,27). The van der Waals surface area contributed by atoms with E-state index < -0.39 is 5.60 Å². The maximum atomic E-state index is 12.6. The van der Waals surface area contributed by atoms with Gasteiger partial charge in [0.15, 0.2) is 11.5 Å². The highest BCUT2D eigenvalue weighted by Gasteiger charge is 2.34. The van der Waals surface area contributed by atoms with Crippen LogP contribution in [0.5, 0.6) is 11.5 Å². The van der Waals surface area contributed by atoms with E-state index in [1.165, 1.54) is 0 Å². The van der Waals surface area contributed by atoms with Crippen molar-refractivity contribution >= 4 is 16.8 Å². The Bertz CT molecular complexity index is 1050. The molecule has 1 aliphatic carbocycles. The molecule has 6 heteroatoms. The smallest absolute Gasteiger partial charge is 0.251 e. The number of methoxy groups -OCH3 is 2. The highest BCUT2D eigenvalue weighted by molar-refractivity contribution is 5.95. The number of ether oxygens (including phenoxy) is 2. The SMILES string of the molecule is COc1ccc(C(=O)NCCc2c[nH]c3cccc(C4(O)CCCC4)c23)cc1OC. The fourth-order valence-corrected chi connectivity index (χ4v) is 4.46. The van der Waals surface area contributed by atoms with Crippen molar-refractivity contribution in [3.05, 3.63) is 59.3 Å². The predicted molar refractivity (Wildman–Crippen MR) is 116 cm³/mol. The van der Waals surface area contributed by atoms with Crippen LogP contribution in [0.3, 0.4) is 0 Å². The van der Waals surface area contributed by atoms with E-state index in [2.05, 4.69) is 10.3 Å². The average Bonchev–Trinajstić information content (AvgIpc) is 3.40. The molecule has 0 unspecified atom stereocenters. The summed E-state index contributed by atoms with van der Waals surface area (Å²) in [5.41, 5.74) is 2.90. The van der Waals surface area contributed by atoms with Crippen molar-refractivity contribution in [3.63, 3.8) is 0 Å². The number of hydrogen-bond acceptors (Lipinski definition) is 4. The molecule has 0 bridgehead atoms. The van der Waals surface area contributed by atoms with Crippen LogP contribution in [-0.4, -0.2) is 36.8 Å². The molecular weight excluding hydrogens is 380 g/mol. The number of H-pyrrole nitrogens is 1. The number of nitrogens with one attached hydrogen (secondary N) is 2. The molecule has 1 aromatic heterocycles. The van der Waals surface area contributed by atoms with Gasteiger partial charge >= 0.3 is 0 Å². The van der Waals surface area contributed by atoms with Crippen LogP contribution in [0.2, 0.25) is 0 Å². The van der Waals surface area contributed by atoms with Crippen molar-refractivity contribution < 1.29 is 19.4 Å². The Balaban J connectivity index is 1.49. The van der Waals surface area contributed by atoms with Crippen LogP contribution in [0.4, 0.5) is 0 Å². The third-order valence-corrected chi connectivity index (χ3v) is 6.05. The second kappa shape index (κ2) is 8.40. The molecule has 1 heterocycles. The van der Waals surface area contributed by atoms with Gasteiger partial charge in [-0.3, -0.25) is 4.79 Å². The molecule has 0 spiro atoms. The first kappa shape index (κ1) is 20.3. The van der Waals surface area contributed by atoms with Crippen LogP contribution in [0.15, 0.2) is 42.6 Å². The molecule has 1 fully saturated rings. The maximum absolute atomic E-state index is 12.6. The van der Waals surface area contributed by atoms with Crippen LogP contribution in [0.25, 0.3) is 10.9 Å². The maximum Gasteiger partial charge on any atom is 0.251 e. The lowest BCUT2D eigenvalue weighted by Crippen LogP contribution is -2.26. The molecule has 2 aromatic carbocycles. The number of hydrogen-bond donors (Lipinski definition) is 3. The Labute approximate surface area is 176 Å². The Morgan fingerprint density at radius 2 is 1.90 bits per heavy atom. The molecule has 1 aliphatic rings. The molecular formula is C24H28N2O4. The van der Waals surface area contributed by atoms with Crippen LogP contribution in [-0.2, 0) is 12.0 Å². The van der Waals surface area contributed by atoms with E-state index in [4.69, 9.17) is 9.47 Å². The molecule has 30 heavy (non-hydrogen) atoms. The number of amides is 1. The topological polar surface area (TPSA) is 83.6 Å². The van der Waals surface area contributed by atoms with Crippen molar-refractivity contribution in [2.24, 2.45) is 0 Å². The highest BCUT2D eigenvalue weighted by Crippen LogP contribution is 2.42. The van der Waals surface area contributed by atoms with Gasteiger partial charge in [-0.15, -0.1) is 0 Å². The molecule has 3 aromatic rings. The lowest BCUT2D eigenvalue weighted by Gasteiger charge is -2.24. The number of aromatic nitrogens is 1. The molecule has 0 aliphatic heterocycles. The van der Waals surface area contributed by atoms with E-state index in [-0.39, 0.29) is 5.91 Å². The zero-order valence-electron chi connectivity index (χ0n) is 17.5. The van der Waals surface area contributed by atoms with Crippen LogP contribution >= 0.6 is 0 Å². The van der Waals surface area contributed by atoms with Crippen LogP contribution in [0, 0.1) is 0 Å². The first-order chi connectivity index (χ1) is 14.6. The van der Waals surface area contributed by atoms with E-state index in [0.717, 1.165) is 47.7 Å². The lowest BCUT2D eigenvalue weighted by molar-refractivity contribution is 0.0460. The molecule has 1 saturated carbocycles. The summed E-state index contributed by atoms with van der Waals surface area (Å²) in [5, 5.41) is 15.2. The third-order valence-electron chi connectivity index (χ3n) is 6.05. The second-order valence-corrected chi connectivity index (χ2v) is 7.86. The molecule has 4 rings (SSSR count). The summed E-state index contributed by atoms with van der Waals surface area (Å²) < 4.78 is 10.5. The van der Waals surface area contributed by atoms with Gasteiger partial charge in [0.1, 0.15) is 0 Å². The number of fused-ring (bicyclic) bond motifs is 1. The molecule has 6 nitrogen and oxygen atoms in total. The van der Waals surface area contributed by atoms with Gasteiger partial charge in [-0.1, -0.05) is 25.0 Å². The largest absolute Gasteiger partial charge is 0.493 e. The molecule has 1 amide bonds. The van der Waals surface area contributed by atoms with Gasteiger partial charge in [-0.2, -0.15) is 0 Å². The average molecular weight is 408 g/mol. The number of carbonyl (C=O) groups excluding carboxylic acids is 1. The van der Waals surface area contributed by atoms with Gasteiger partial charge < -0.3 is 24.9 Å². The van der Waals surface area contributed by atoms with Gasteiger partial charge in [0.25, 0.3) is 5.91 Å². The zero-order valence-corrected chi connectivity index (χ0v) is 17.5. The third kappa shape index (κ3) is 3.75. The minimum atomic E-state index is -0.751. The summed E-state index contributed by atoms with van der Waals surface area (Å²) in [4.78, 5) is 15.9. The van der Waals surface area contributed by atoms with Gasteiger partial charge in [0.2, 0.25) is 0 Å². The number of benzene rings is 2. The van der Waals surface area contributed by atoms with Crippen LogP contribution < -0.4 is 14.8 Å². The number of rotatable bonds is 7. The van der Waals surface area contributed by atoms with E-state index in [1.807, 2.05) is 24.4 Å². The van der Waals surface area contributed by atoms with Crippen molar-refractivity contribution in [1.82, 2.24) is 10.3 Å². The van der Waals surface area contributed by atoms with Crippen molar-refractivity contribution in [2.45, 2.75) is 37.7 Å².